The molecule has 0 saturated carbocycles. The number of nitrogens with two attached hydrogens (primary N) is 1. The Hall–Kier alpha value is -2.07. The van der Waals surface area contributed by atoms with Crippen LogP contribution in [0.4, 0.5) is 8.78 Å². The number of nitriles is 1. The van der Waals surface area contributed by atoms with Crippen LogP contribution < -0.4 is 5.73 Å². The van der Waals surface area contributed by atoms with Crippen molar-refractivity contribution in [2.45, 2.75) is 19.4 Å². The number of carbonyl (C=O) groups is 1. The highest BCUT2D eigenvalue weighted by Crippen LogP contribution is 2.26. The molecule has 17 heavy (non-hydrogen) atoms. The highest BCUT2D eigenvalue weighted by atomic mass is 19.3. The number of aromatic nitrogens is 1. The average Bonchev–Trinajstić information content (AvgIpc) is 2.28. The fourth-order valence-corrected chi connectivity index (χ4v) is 1.42. The van der Waals surface area contributed by atoms with Crippen LogP contribution >= 0.6 is 0 Å². The van der Waals surface area contributed by atoms with E-state index in [4.69, 9.17) is 16.1 Å². The maximum Gasteiger partial charge on any atom is 0.307 e. The number of carboxylic acid groups (broad SMARTS) is 1. The third kappa shape index (κ3) is 2.95. The quantitative estimate of drug-likeness (QED) is 0.818. The zero-order chi connectivity index (χ0) is 13.0. The lowest BCUT2D eigenvalue weighted by atomic mass is 10.0. The third-order valence-electron chi connectivity index (χ3n) is 2.12. The molecule has 90 valence electrons. The van der Waals surface area contributed by atoms with E-state index in [1.807, 2.05) is 0 Å². The summed E-state index contributed by atoms with van der Waals surface area (Å²) in [5.74, 6) is -1.26. The van der Waals surface area contributed by atoms with Crippen LogP contribution in [0.5, 0.6) is 0 Å². The Balaban J connectivity index is 3.41. The van der Waals surface area contributed by atoms with Crippen molar-refractivity contribution < 1.29 is 18.7 Å². The normalized spacial score (nSPS) is 10.3. The Bertz CT molecular complexity index is 483. The van der Waals surface area contributed by atoms with Crippen molar-refractivity contribution in [1.29, 1.82) is 5.26 Å². The van der Waals surface area contributed by atoms with Gasteiger partial charge >= 0.3 is 5.97 Å². The van der Waals surface area contributed by atoms with Crippen LogP contribution in [0.3, 0.4) is 0 Å². The van der Waals surface area contributed by atoms with Gasteiger partial charge in [-0.3, -0.25) is 4.79 Å². The van der Waals surface area contributed by atoms with Crippen LogP contribution in [0.25, 0.3) is 0 Å². The number of pyridine rings is 1. The predicted octanol–water partition coefficient (Wildman–Crippen LogP) is 0.977. The lowest BCUT2D eigenvalue weighted by Gasteiger charge is -2.11. The first-order valence-electron chi connectivity index (χ1n) is 4.62. The van der Waals surface area contributed by atoms with Gasteiger partial charge in [-0.2, -0.15) is 5.26 Å². The summed E-state index contributed by atoms with van der Waals surface area (Å²) >= 11 is 0. The minimum atomic E-state index is -2.87. The van der Waals surface area contributed by atoms with E-state index in [1.54, 1.807) is 6.07 Å². The van der Waals surface area contributed by atoms with Crippen molar-refractivity contribution in [3.63, 3.8) is 0 Å². The van der Waals surface area contributed by atoms with Gasteiger partial charge in [-0.1, -0.05) is 0 Å². The molecule has 1 aromatic heterocycles. The molecule has 1 rings (SSSR count). The molecule has 1 heterocycles. The van der Waals surface area contributed by atoms with Crippen LogP contribution in [0.15, 0.2) is 6.07 Å². The molecule has 3 N–H and O–H groups in total. The topological polar surface area (TPSA) is 100 Å². The summed E-state index contributed by atoms with van der Waals surface area (Å²) in [4.78, 5) is 14.3. The van der Waals surface area contributed by atoms with Gasteiger partial charge in [0.25, 0.3) is 6.43 Å². The molecule has 0 fully saturated rings. The minimum absolute atomic E-state index is 0.0155. The Morgan fingerprint density at radius 2 is 2.29 bits per heavy atom. The fraction of sp³-hybridized carbons (Fsp3) is 0.300. The molecule has 7 heteroatoms. The first-order valence-corrected chi connectivity index (χ1v) is 4.62. The van der Waals surface area contributed by atoms with Gasteiger partial charge in [0.1, 0.15) is 11.8 Å². The summed E-state index contributed by atoms with van der Waals surface area (Å²) in [5, 5.41) is 17.3. The number of nitrogens with zero attached hydrogens (tertiary/aromatic N) is 2. The Morgan fingerprint density at radius 3 is 2.71 bits per heavy atom. The largest absolute Gasteiger partial charge is 0.481 e. The summed E-state index contributed by atoms with van der Waals surface area (Å²) in [5.41, 5.74) is 4.51. The number of hydrogen-bond acceptors (Lipinski definition) is 4. The molecule has 1 aromatic rings. The van der Waals surface area contributed by atoms with Gasteiger partial charge in [-0.15, -0.1) is 0 Å². The van der Waals surface area contributed by atoms with Gasteiger partial charge in [0, 0.05) is 12.1 Å². The van der Waals surface area contributed by atoms with Crippen molar-refractivity contribution in [2.75, 3.05) is 0 Å². The van der Waals surface area contributed by atoms with Crippen molar-refractivity contribution in [3.8, 4) is 6.07 Å². The standard InChI is InChI=1S/C10H9F2N3O2/c11-10(12)7-1-5(3-13)15-8(4-14)6(7)2-9(16)17/h1,10H,2,4,14H2,(H,16,17). The van der Waals surface area contributed by atoms with E-state index in [1.165, 1.54) is 0 Å². The summed E-state index contributed by atoms with van der Waals surface area (Å²) in [6, 6.07) is 2.52. The fourth-order valence-electron chi connectivity index (χ4n) is 1.42. The Kier molecular flexibility index (Phi) is 4.06. The molecule has 5 nitrogen and oxygen atoms in total. The molecule has 0 aliphatic carbocycles. The van der Waals surface area contributed by atoms with Gasteiger partial charge in [-0.05, 0) is 11.6 Å². The van der Waals surface area contributed by atoms with E-state index in [0.29, 0.717) is 0 Å². The maximum atomic E-state index is 12.7. The smallest absolute Gasteiger partial charge is 0.307 e. The summed E-state index contributed by atoms with van der Waals surface area (Å²) in [7, 11) is 0. The molecular formula is C10H9F2N3O2. The molecule has 0 radical (unpaired) electrons. The Morgan fingerprint density at radius 1 is 1.65 bits per heavy atom. The van der Waals surface area contributed by atoms with E-state index in [2.05, 4.69) is 4.98 Å². The lowest BCUT2D eigenvalue weighted by Crippen LogP contribution is -2.13. The number of aliphatic carboxylic acids is 1. The molecule has 0 saturated heterocycles. The van der Waals surface area contributed by atoms with Gasteiger partial charge < -0.3 is 10.8 Å². The SMILES string of the molecule is N#Cc1cc(C(F)F)c(CC(=O)O)c(CN)n1. The monoisotopic (exact) mass is 241 g/mol. The molecule has 0 amide bonds. The van der Waals surface area contributed by atoms with Crippen LogP contribution in [0.1, 0.15) is 28.9 Å². The van der Waals surface area contributed by atoms with Crippen molar-refractivity contribution in [1.82, 2.24) is 4.98 Å². The van der Waals surface area contributed by atoms with Gasteiger partial charge in [0.2, 0.25) is 0 Å². The van der Waals surface area contributed by atoms with Crippen LogP contribution in [0, 0.1) is 11.3 Å². The van der Waals surface area contributed by atoms with Gasteiger partial charge in [-0.25, -0.2) is 13.8 Å². The van der Waals surface area contributed by atoms with Crippen LogP contribution in [-0.4, -0.2) is 16.1 Å². The van der Waals surface area contributed by atoms with E-state index in [-0.39, 0.29) is 23.5 Å². The van der Waals surface area contributed by atoms with E-state index < -0.39 is 24.4 Å². The summed E-state index contributed by atoms with van der Waals surface area (Å²) in [6.45, 7) is -0.197. The molecule has 0 aliphatic rings. The number of hydrogen-bond donors (Lipinski definition) is 2. The van der Waals surface area contributed by atoms with Gasteiger partial charge in [0.05, 0.1) is 12.1 Å². The highest BCUT2D eigenvalue weighted by molar-refractivity contribution is 5.71. The molecule has 0 atom stereocenters. The second-order valence-corrected chi connectivity index (χ2v) is 3.21. The van der Waals surface area contributed by atoms with Crippen molar-refractivity contribution in [2.24, 2.45) is 5.73 Å². The zero-order valence-corrected chi connectivity index (χ0v) is 8.65. The maximum absolute atomic E-state index is 12.7. The number of halogens is 2. The molecule has 0 spiro atoms. The number of alkyl halides is 2. The van der Waals surface area contributed by atoms with E-state index >= 15 is 0 Å². The van der Waals surface area contributed by atoms with E-state index in [9.17, 15) is 13.6 Å². The molecular weight excluding hydrogens is 232 g/mol. The first-order chi connectivity index (χ1) is 7.99. The molecule has 0 aromatic carbocycles. The van der Waals surface area contributed by atoms with Crippen LogP contribution in [-0.2, 0) is 17.8 Å². The predicted molar refractivity (Wildman–Crippen MR) is 53.1 cm³/mol. The van der Waals surface area contributed by atoms with Crippen molar-refractivity contribution in [3.05, 3.63) is 28.6 Å². The van der Waals surface area contributed by atoms with Crippen LogP contribution in [0.2, 0.25) is 0 Å². The molecule has 0 aliphatic heterocycles. The second kappa shape index (κ2) is 5.32. The number of rotatable bonds is 4. The zero-order valence-electron chi connectivity index (χ0n) is 8.65. The summed E-state index contributed by atoms with van der Waals surface area (Å²) in [6.07, 6.45) is -3.46. The average molecular weight is 241 g/mol. The highest BCUT2D eigenvalue weighted by Gasteiger charge is 2.20. The summed E-state index contributed by atoms with van der Waals surface area (Å²) < 4.78 is 25.5. The molecule has 0 unspecified atom stereocenters. The Labute approximate surface area is 95.5 Å². The second-order valence-electron chi connectivity index (χ2n) is 3.21. The van der Waals surface area contributed by atoms with Crippen molar-refractivity contribution >= 4 is 5.97 Å². The van der Waals surface area contributed by atoms with E-state index in [0.717, 1.165) is 6.07 Å². The minimum Gasteiger partial charge on any atom is -0.481 e. The lowest BCUT2D eigenvalue weighted by molar-refractivity contribution is -0.136. The third-order valence-corrected chi connectivity index (χ3v) is 2.12. The molecule has 0 bridgehead atoms. The number of carboxylic acids is 1. The first kappa shape index (κ1) is 13.0. The van der Waals surface area contributed by atoms with Gasteiger partial charge in [0.15, 0.2) is 0 Å².